The molecule has 0 fully saturated rings. The van der Waals surface area contributed by atoms with Crippen LogP contribution in [0.25, 0.3) is 0 Å². The SMILES string of the molecule is Cc1ccc(N(C)C(=O)c2cc(S(C)(=O)=O)ccc2C)c(C)c1. The van der Waals surface area contributed by atoms with Gasteiger partial charge in [0.05, 0.1) is 4.90 Å². The molecular formula is C18H21NO3S. The molecule has 2 aromatic carbocycles. The van der Waals surface area contributed by atoms with E-state index in [1.165, 1.54) is 12.1 Å². The number of sulfone groups is 1. The van der Waals surface area contributed by atoms with E-state index < -0.39 is 9.84 Å². The Balaban J connectivity index is 2.47. The Morgan fingerprint density at radius 3 is 2.17 bits per heavy atom. The van der Waals surface area contributed by atoms with Crippen LogP contribution in [0.4, 0.5) is 5.69 Å². The van der Waals surface area contributed by atoms with E-state index in [2.05, 4.69) is 0 Å². The summed E-state index contributed by atoms with van der Waals surface area (Å²) in [6.07, 6.45) is 1.14. The summed E-state index contributed by atoms with van der Waals surface area (Å²) in [4.78, 5) is 14.5. The van der Waals surface area contributed by atoms with Crippen LogP contribution in [-0.2, 0) is 9.84 Å². The monoisotopic (exact) mass is 331 g/mol. The van der Waals surface area contributed by atoms with E-state index in [4.69, 9.17) is 0 Å². The number of rotatable bonds is 3. The maximum Gasteiger partial charge on any atom is 0.258 e. The van der Waals surface area contributed by atoms with Gasteiger partial charge in [0.2, 0.25) is 0 Å². The zero-order chi connectivity index (χ0) is 17.4. The number of hydrogen-bond acceptors (Lipinski definition) is 3. The van der Waals surface area contributed by atoms with Gasteiger partial charge in [0.1, 0.15) is 0 Å². The summed E-state index contributed by atoms with van der Waals surface area (Å²) in [7, 11) is -1.65. The van der Waals surface area contributed by atoms with Crippen molar-refractivity contribution < 1.29 is 13.2 Å². The summed E-state index contributed by atoms with van der Waals surface area (Å²) >= 11 is 0. The van der Waals surface area contributed by atoms with Gasteiger partial charge in [0.15, 0.2) is 9.84 Å². The number of hydrogen-bond donors (Lipinski definition) is 0. The molecule has 0 bridgehead atoms. The fourth-order valence-electron chi connectivity index (χ4n) is 2.53. The van der Waals surface area contributed by atoms with Gasteiger partial charge < -0.3 is 4.90 Å². The quantitative estimate of drug-likeness (QED) is 0.867. The van der Waals surface area contributed by atoms with Crippen LogP contribution in [0.1, 0.15) is 27.0 Å². The van der Waals surface area contributed by atoms with Gasteiger partial charge in [0.25, 0.3) is 5.91 Å². The first kappa shape index (κ1) is 17.2. The molecule has 0 aliphatic carbocycles. The third-order valence-corrected chi connectivity index (χ3v) is 5.00. The Kier molecular flexibility index (Phi) is 4.61. The lowest BCUT2D eigenvalue weighted by molar-refractivity contribution is 0.0992. The fraction of sp³-hybridized carbons (Fsp3) is 0.278. The number of carbonyl (C=O) groups excluding carboxylic acids is 1. The van der Waals surface area contributed by atoms with Crippen molar-refractivity contribution in [1.29, 1.82) is 0 Å². The van der Waals surface area contributed by atoms with Gasteiger partial charge in [-0.2, -0.15) is 0 Å². The number of amides is 1. The van der Waals surface area contributed by atoms with Crippen molar-refractivity contribution in [1.82, 2.24) is 0 Å². The third-order valence-electron chi connectivity index (χ3n) is 3.89. The number of anilines is 1. The normalized spacial score (nSPS) is 11.3. The molecule has 0 aliphatic heterocycles. The highest BCUT2D eigenvalue weighted by molar-refractivity contribution is 7.90. The van der Waals surface area contributed by atoms with Crippen molar-refractivity contribution in [3.8, 4) is 0 Å². The first-order valence-electron chi connectivity index (χ1n) is 7.27. The Morgan fingerprint density at radius 2 is 1.61 bits per heavy atom. The highest BCUT2D eigenvalue weighted by Crippen LogP contribution is 2.24. The molecule has 0 radical (unpaired) electrons. The summed E-state index contributed by atoms with van der Waals surface area (Å²) in [5, 5.41) is 0. The molecule has 0 atom stereocenters. The molecule has 0 heterocycles. The molecular weight excluding hydrogens is 310 g/mol. The van der Waals surface area contributed by atoms with Gasteiger partial charge >= 0.3 is 0 Å². The lowest BCUT2D eigenvalue weighted by Crippen LogP contribution is -2.27. The molecule has 0 N–H and O–H groups in total. The van der Waals surface area contributed by atoms with Crippen molar-refractivity contribution in [2.24, 2.45) is 0 Å². The molecule has 0 unspecified atom stereocenters. The van der Waals surface area contributed by atoms with Gasteiger partial charge in [-0.25, -0.2) is 8.42 Å². The Bertz CT molecular complexity index is 870. The van der Waals surface area contributed by atoms with E-state index >= 15 is 0 Å². The number of carbonyl (C=O) groups is 1. The van der Waals surface area contributed by atoms with Crippen LogP contribution < -0.4 is 4.90 Å². The predicted molar refractivity (Wildman–Crippen MR) is 92.9 cm³/mol. The van der Waals surface area contributed by atoms with Crippen molar-refractivity contribution in [3.05, 3.63) is 58.7 Å². The Morgan fingerprint density at radius 1 is 0.957 bits per heavy atom. The maximum atomic E-state index is 12.8. The smallest absolute Gasteiger partial charge is 0.258 e. The molecule has 0 saturated heterocycles. The van der Waals surface area contributed by atoms with Crippen molar-refractivity contribution in [3.63, 3.8) is 0 Å². The molecule has 122 valence electrons. The Labute approximate surface area is 137 Å². The second kappa shape index (κ2) is 6.16. The molecule has 0 aliphatic rings. The highest BCUT2D eigenvalue weighted by atomic mass is 32.2. The van der Waals surface area contributed by atoms with Gasteiger partial charge in [-0.3, -0.25) is 4.79 Å². The van der Waals surface area contributed by atoms with E-state index in [0.717, 1.165) is 28.6 Å². The van der Waals surface area contributed by atoms with Gasteiger partial charge in [-0.15, -0.1) is 0 Å². The zero-order valence-corrected chi connectivity index (χ0v) is 14.9. The van der Waals surface area contributed by atoms with Gasteiger partial charge in [-0.05, 0) is 50.1 Å². The second-order valence-electron chi connectivity index (χ2n) is 5.90. The molecule has 1 amide bonds. The molecule has 2 rings (SSSR count). The number of benzene rings is 2. The topological polar surface area (TPSA) is 54.5 Å². The lowest BCUT2D eigenvalue weighted by atomic mass is 10.1. The molecule has 23 heavy (non-hydrogen) atoms. The summed E-state index contributed by atoms with van der Waals surface area (Å²) < 4.78 is 23.5. The van der Waals surface area contributed by atoms with Crippen LogP contribution >= 0.6 is 0 Å². The van der Waals surface area contributed by atoms with Crippen LogP contribution in [-0.4, -0.2) is 27.6 Å². The van der Waals surface area contributed by atoms with Gasteiger partial charge in [0, 0.05) is 24.6 Å². The fourth-order valence-corrected chi connectivity index (χ4v) is 3.18. The van der Waals surface area contributed by atoms with Gasteiger partial charge in [-0.1, -0.05) is 23.8 Å². The number of aryl methyl sites for hydroxylation is 3. The minimum atomic E-state index is -3.35. The average Bonchev–Trinajstić information content (AvgIpc) is 2.45. The third kappa shape index (κ3) is 3.62. The van der Waals surface area contributed by atoms with Crippen molar-refractivity contribution in [2.45, 2.75) is 25.7 Å². The molecule has 0 saturated carbocycles. The van der Waals surface area contributed by atoms with Crippen LogP contribution in [0.3, 0.4) is 0 Å². The number of nitrogens with zero attached hydrogens (tertiary/aromatic N) is 1. The minimum absolute atomic E-state index is 0.153. The van der Waals surface area contributed by atoms with E-state index in [1.54, 1.807) is 24.9 Å². The molecule has 2 aromatic rings. The molecule has 5 heteroatoms. The lowest BCUT2D eigenvalue weighted by Gasteiger charge is -2.21. The van der Waals surface area contributed by atoms with Crippen molar-refractivity contribution in [2.75, 3.05) is 18.2 Å². The molecule has 4 nitrogen and oxygen atoms in total. The second-order valence-corrected chi connectivity index (χ2v) is 7.92. The zero-order valence-electron chi connectivity index (χ0n) is 14.0. The van der Waals surface area contributed by atoms with Crippen LogP contribution in [0, 0.1) is 20.8 Å². The van der Waals surface area contributed by atoms with E-state index in [1.807, 2.05) is 32.0 Å². The summed E-state index contributed by atoms with van der Waals surface area (Å²) in [6.45, 7) is 5.75. The largest absolute Gasteiger partial charge is 0.311 e. The van der Waals surface area contributed by atoms with Crippen molar-refractivity contribution >= 4 is 21.4 Å². The van der Waals surface area contributed by atoms with E-state index in [9.17, 15) is 13.2 Å². The van der Waals surface area contributed by atoms with E-state index in [0.29, 0.717) is 5.56 Å². The first-order valence-corrected chi connectivity index (χ1v) is 9.16. The van der Waals surface area contributed by atoms with Crippen LogP contribution in [0.5, 0.6) is 0 Å². The maximum absolute atomic E-state index is 12.8. The summed E-state index contributed by atoms with van der Waals surface area (Å²) in [6, 6.07) is 10.5. The predicted octanol–water partition coefficient (Wildman–Crippen LogP) is 3.29. The minimum Gasteiger partial charge on any atom is -0.311 e. The van der Waals surface area contributed by atoms with Crippen LogP contribution in [0.2, 0.25) is 0 Å². The van der Waals surface area contributed by atoms with Crippen LogP contribution in [0.15, 0.2) is 41.3 Å². The highest BCUT2D eigenvalue weighted by Gasteiger charge is 2.19. The standard InChI is InChI=1S/C18H21NO3S/c1-12-6-9-17(14(3)10-12)19(4)18(20)16-11-15(23(5,21)22)8-7-13(16)2/h6-11H,1-5H3. The molecule has 0 spiro atoms. The molecule has 0 aromatic heterocycles. The summed E-state index contributed by atoms with van der Waals surface area (Å²) in [5.41, 5.74) is 4.08. The Hall–Kier alpha value is -2.14. The average molecular weight is 331 g/mol. The first-order chi connectivity index (χ1) is 10.6. The van der Waals surface area contributed by atoms with E-state index in [-0.39, 0.29) is 10.8 Å². The summed E-state index contributed by atoms with van der Waals surface area (Å²) in [5.74, 6) is -0.222.